The molecule has 0 bridgehead atoms. The minimum absolute atomic E-state index is 0.0305. The molecule has 1 heterocycles. The van der Waals surface area contributed by atoms with Gasteiger partial charge in [-0.2, -0.15) is 0 Å². The first-order valence-electron chi connectivity index (χ1n) is 16.4. The van der Waals surface area contributed by atoms with Crippen LogP contribution in [0.2, 0.25) is 0 Å². The van der Waals surface area contributed by atoms with Crippen molar-refractivity contribution in [3.05, 3.63) is 103 Å². The van der Waals surface area contributed by atoms with E-state index in [9.17, 15) is 37.8 Å². The summed E-state index contributed by atoms with van der Waals surface area (Å²) in [5.41, 5.74) is 0.983. The van der Waals surface area contributed by atoms with E-state index in [1.165, 1.54) is 17.0 Å². The summed E-state index contributed by atoms with van der Waals surface area (Å²) in [6.07, 6.45) is -0.150. The minimum Gasteiger partial charge on any atom is -0.508 e. The summed E-state index contributed by atoms with van der Waals surface area (Å²) in [7, 11) is -3.81. The van der Waals surface area contributed by atoms with E-state index >= 15 is 0 Å². The van der Waals surface area contributed by atoms with Crippen LogP contribution in [0.4, 0.5) is 5.69 Å². The molecular weight excluding hydrogens is 676 g/mol. The first-order valence-corrected chi connectivity index (χ1v) is 18.4. The van der Waals surface area contributed by atoms with E-state index in [2.05, 4.69) is 16.0 Å². The molecule has 1 aliphatic rings. The molecule has 5 N–H and O–H groups in total. The molecule has 0 saturated carbocycles. The highest BCUT2D eigenvalue weighted by Crippen LogP contribution is 2.25. The van der Waals surface area contributed by atoms with Gasteiger partial charge in [-0.15, -0.1) is 0 Å². The maximum Gasteiger partial charge on any atom is 0.258 e. The Kier molecular flexibility index (Phi) is 11.9. The zero-order valence-electron chi connectivity index (χ0n) is 27.9. The summed E-state index contributed by atoms with van der Waals surface area (Å²) in [5.74, 6) is -3.41. The van der Waals surface area contributed by atoms with Crippen LogP contribution in [0.1, 0.15) is 18.4 Å². The molecule has 1 saturated heterocycles. The highest BCUT2D eigenvalue weighted by atomic mass is 32.2. The van der Waals surface area contributed by atoms with Crippen molar-refractivity contribution in [1.29, 1.82) is 0 Å². The van der Waals surface area contributed by atoms with E-state index in [0.717, 1.165) is 17.0 Å². The van der Waals surface area contributed by atoms with Gasteiger partial charge < -0.3 is 35.8 Å². The lowest BCUT2D eigenvalue weighted by molar-refractivity contribution is -0.146. The number of sulfone groups is 1. The Labute approximate surface area is 295 Å². The number of fused-ring (bicyclic) bond motifs is 1. The number of hydrogen-bond acceptors (Lipinski definition) is 9. The molecular formula is C37H40N4O9S. The number of aromatic hydroxyl groups is 1. The average molecular weight is 717 g/mol. The Hall–Kier alpha value is -5.47. The quantitative estimate of drug-likeness (QED) is 0.130. The van der Waals surface area contributed by atoms with Crippen LogP contribution >= 0.6 is 0 Å². The SMILES string of the molecule is CS(=O)(=O)C[C@H](NC(=O)COc1cccc2ccccc12)C(=O)N[C@@H](Cc1ccccc1)[C@H](O)C(=O)N1CCC[C@H]1C(=O)Nc1cccc(O)c1. The lowest BCUT2D eigenvalue weighted by atomic mass is 9.99. The van der Waals surface area contributed by atoms with Crippen LogP contribution in [0.25, 0.3) is 10.8 Å². The zero-order valence-corrected chi connectivity index (χ0v) is 28.7. The predicted octanol–water partition coefficient (Wildman–Crippen LogP) is 2.17. The van der Waals surface area contributed by atoms with Crippen molar-refractivity contribution in [3.8, 4) is 11.5 Å². The Balaban J connectivity index is 1.31. The molecule has 5 rings (SSSR count). The maximum absolute atomic E-state index is 13.8. The molecule has 0 unspecified atom stereocenters. The van der Waals surface area contributed by atoms with Crippen molar-refractivity contribution in [3.63, 3.8) is 0 Å². The lowest BCUT2D eigenvalue weighted by Crippen LogP contribution is -2.59. The number of rotatable bonds is 14. The monoisotopic (exact) mass is 716 g/mol. The van der Waals surface area contributed by atoms with Gasteiger partial charge in [0.1, 0.15) is 33.4 Å². The first kappa shape index (κ1) is 36.8. The topological polar surface area (TPSA) is 191 Å². The van der Waals surface area contributed by atoms with Gasteiger partial charge in [-0.3, -0.25) is 19.2 Å². The average Bonchev–Trinajstić information content (AvgIpc) is 3.60. The van der Waals surface area contributed by atoms with E-state index in [0.29, 0.717) is 29.8 Å². The van der Waals surface area contributed by atoms with Crippen molar-refractivity contribution >= 4 is 49.9 Å². The summed E-state index contributed by atoms with van der Waals surface area (Å²) >= 11 is 0. The number of benzene rings is 4. The van der Waals surface area contributed by atoms with E-state index in [1.54, 1.807) is 54.6 Å². The van der Waals surface area contributed by atoms with E-state index < -0.39 is 70.1 Å². The molecule has 4 atom stereocenters. The van der Waals surface area contributed by atoms with Gasteiger partial charge in [0, 0.05) is 29.9 Å². The van der Waals surface area contributed by atoms with Crippen molar-refractivity contribution in [2.45, 2.75) is 43.5 Å². The molecule has 4 amide bonds. The van der Waals surface area contributed by atoms with Gasteiger partial charge in [0.15, 0.2) is 12.7 Å². The summed E-state index contributed by atoms with van der Waals surface area (Å²) < 4.78 is 30.5. The van der Waals surface area contributed by atoms with Gasteiger partial charge in [0.2, 0.25) is 11.8 Å². The second-order valence-corrected chi connectivity index (χ2v) is 14.6. The Morgan fingerprint density at radius 3 is 2.37 bits per heavy atom. The number of carbonyl (C=O) groups is 4. The molecule has 1 fully saturated rings. The summed E-state index contributed by atoms with van der Waals surface area (Å²) in [5, 5.41) is 30.6. The Morgan fingerprint density at radius 2 is 1.63 bits per heavy atom. The standard InChI is InChI=1S/C37H40N4O9S/c1-51(48,49)23-30(39-33(43)22-50-32-18-7-13-25-12-5-6-16-28(25)32)35(45)40-29(20-24-10-3-2-4-11-24)34(44)37(47)41-19-9-17-31(41)36(46)38-26-14-8-15-27(42)21-26/h2-8,10-16,18,21,29-31,34,42,44H,9,17,19-20,22-23H2,1H3,(H,38,46)(H,39,43)(H,40,45)/t29-,30-,31-,34-/m0/s1. The third-order valence-corrected chi connectivity index (χ3v) is 9.38. The number of nitrogens with one attached hydrogen (secondary N) is 3. The fraction of sp³-hybridized carbons (Fsp3) is 0.297. The van der Waals surface area contributed by atoms with Crippen molar-refractivity contribution in [2.75, 3.05) is 30.5 Å². The lowest BCUT2D eigenvalue weighted by Gasteiger charge is -2.31. The molecule has 4 aromatic rings. The smallest absolute Gasteiger partial charge is 0.258 e. The summed E-state index contributed by atoms with van der Waals surface area (Å²) in [6, 6.07) is 23.6. The number of likely N-dealkylation sites (tertiary alicyclic amines) is 1. The van der Waals surface area contributed by atoms with E-state index in [1.807, 2.05) is 30.3 Å². The predicted molar refractivity (Wildman–Crippen MR) is 191 cm³/mol. The Bertz CT molecular complexity index is 1990. The summed E-state index contributed by atoms with van der Waals surface area (Å²) in [6.45, 7) is -0.347. The van der Waals surface area contributed by atoms with Gasteiger partial charge in [-0.25, -0.2) is 8.42 Å². The van der Waals surface area contributed by atoms with Crippen LogP contribution in [0.15, 0.2) is 97.1 Å². The van der Waals surface area contributed by atoms with Gasteiger partial charge in [0.25, 0.3) is 11.8 Å². The third kappa shape index (κ3) is 10.0. The number of aliphatic hydroxyl groups excluding tert-OH is 1. The number of nitrogens with zero attached hydrogens (tertiary/aromatic N) is 1. The number of amides is 4. The second-order valence-electron chi connectivity index (χ2n) is 12.5. The molecule has 0 aromatic heterocycles. The highest BCUT2D eigenvalue weighted by Gasteiger charge is 2.40. The van der Waals surface area contributed by atoms with Crippen LogP contribution < -0.4 is 20.7 Å². The molecule has 1 aliphatic heterocycles. The van der Waals surface area contributed by atoms with Crippen molar-refractivity contribution in [1.82, 2.24) is 15.5 Å². The number of carbonyl (C=O) groups excluding carboxylic acids is 4. The van der Waals surface area contributed by atoms with Crippen LogP contribution in [0, 0.1) is 0 Å². The second kappa shape index (κ2) is 16.5. The van der Waals surface area contributed by atoms with Crippen LogP contribution in [-0.2, 0) is 35.4 Å². The molecule has 14 heteroatoms. The number of anilines is 1. The van der Waals surface area contributed by atoms with E-state index in [-0.39, 0.29) is 18.7 Å². The fourth-order valence-corrected chi connectivity index (χ4v) is 6.87. The number of aliphatic hydroxyl groups is 1. The summed E-state index contributed by atoms with van der Waals surface area (Å²) in [4.78, 5) is 55.0. The number of phenols is 1. The number of hydrogen-bond donors (Lipinski definition) is 5. The first-order chi connectivity index (χ1) is 24.4. The third-order valence-electron chi connectivity index (χ3n) is 8.44. The molecule has 268 valence electrons. The normalized spacial score (nSPS) is 16.1. The molecule has 4 aromatic carbocycles. The van der Waals surface area contributed by atoms with Gasteiger partial charge in [0.05, 0.1) is 11.8 Å². The molecule has 51 heavy (non-hydrogen) atoms. The van der Waals surface area contributed by atoms with Gasteiger partial charge in [-0.05, 0) is 48.4 Å². The molecule has 0 aliphatic carbocycles. The molecule has 13 nitrogen and oxygen atoms in total. The van der Waals surface area contributed by atoms with Crippen LogP contribution in [-0.4, -0.2) is 96.5 Å². The fourth-order valence-electron chi connectivity index (χ4n) is 6.03. The van der Waals surface area contributed by atoms with E-state index in [4.69, 9.17) is 4.74 Å². The number of phenolic OH excluding ortho intramolecular Hbond substituents is 1. The Morgan fingerprint density at radius 1 is 0.922 bits per heavy atom. The number of ether oxygens (including phenoxy) is 1. The molecule has 0 spiro atoms. The molecule has 0 radical (unpaired) electrons. The van der Waals surface area contributed by atoms with Crippen LogP contribution in [0.5, 0.6) is 11.5 Å². The highest BCUT2D eigenvalue weighted by molar-refractivity contribution is 7.90. The van der Waals surface area contributed by atoms with Crippen molar-refractivity contribution in [2.24, 2.45) is 0 Å². The van der Waals surface area contributed by atoms with Gasteiger partial charge in [-0.1, -0.05) is 72.8 Å². The minimum atomic E-state index is -3.81. The van der Waals surface area contributed by atoms with Crippen LogP contribution in [0.3, 0.4) is 0 Å². The maximum atomic E-state index is 13.8. The van der Waals surface area contributed by atoms with Crippen molar-refractivity contribution < 1.29 is 42.5 Å². The zero-order chi connectivity index (χ0) is 36.5. The van der Waals surface area contributed by atoms with Gasteiger partial charge >= 0.3 is 0 Å². The largest absolute Gasteiger partial charge is 0.508 e.